The van der Waals surface area contributed by atoms with E-state index in [4.69, 9.17) is 21.1 Å². The topological polar surface area (TPSA) is 18.5 Å². The molecule has 1 aliphatic carbocycles. The van der Waals surface area contributed by atoms with Crippen LogP contribution in [0.25, 0.3) is 0 Å². The second-order valence-corrected chi connectivity index (χ2v) is 7.40. The van der Waals surface area contributed by atoms with Crippen molar-refractivity contribution in [1.82, 2.24) is 0 Å². The van der Waals surface area contributed by atoms with Crippen molar-refractivity contribution in [3.8, 4) is 0 Å². The zero-order chi connectivity index (χ0) is 17.2. The van der Waals surface area contributed by atoms with E-state index in [2.05, 4.69) is 12.1 Å². The maximum atomic E-state index is 13.2. The largest absolute Gasteiger partial charge is 0.373 e. The van der Waals surface area contributed by atoms with Crippen molar-refractivity contribution < 1.29 is 13.9 Å². The minimum absolute atomic E-state index is 0.0780. The van der Waals surface area contributed by atoms with E-state index >= 15 is 0 Å². The average molecular weight is 361 g/mol. The number of benzene rings is 2. The van der Waals surface area contributed by atoms with Gasteiger partial charge in [-0.15, -0.1) is 0 Å². The fourth-order valence-electron chi connectivity index (χ4n) is 4.11. The third-order valence-electron chi connectivity index (χ3n) is 5.41. The van der Waals surface area contributed by atoms with Crippen LogP contribution in [0.4, 0.5) is 4.39 Å². The molecule has 132 valence electrons. The number of rotatable bonds is 4. The molecule has 2 aromatic carbocycles. The highest BCUT2D eigenvalue weighted by molar-refractivity contribution is 6.31. The van der Waals surface area contributed by atoms with Crippen LogP contribution < -0.4 is 0 Å². The molecule has 0 unspecified atom stereocenters. The lowest BCUT2D eigenvalue weighted by Gasteiger charge is -2.39. The van der Waals surface area contributed by atoms with Crippen molar-refractivity contribution in [3.05, 3.63) is 70.5 Å². The van der Waals surface area contributed by atoms with Gasteiger partial charge in [0.05, 0.1) is 24.9 Å². The summed E-state index contributed by atoms with van der Waals surface area (Å²) in [5.41, 5.74) is 2.04. The Morgan fingerprint density at radius 3 is 2.76 bits per heavy atom. The van der Waals surface area contributed by atoms with E-state index in [0.29, 0.717) is 17.5 Å². The summed E-state index contributed by atoms with van der Waals surface area (Å²) < 4.78 is 25.8. The molecule has 0 amide bonds. The van der Waals surface area contributed by atoms with E-state index in [9.17, 15) is 4.39 Å². The zero-order valence-corrected chi connectivity index (χ0v) is 14.8. The predicted octanol–water partition coefficient (Wildman–Crippen LogP) is 5.69. The molecular formula is C21H22ClFO2. The maximum Gasteiger partial charge on any atom is 0.124 e. The summed E-state index contributed by atoms with van der Waals surface area (Å²) in [5.74, 6) is 0.124. The Kier molecular flexibility index (Phi) is 5.07. The first kappa shape index (κ1) is 17.0. The van der Waals surface area contributed by atoms with Crippen LogP contribution in [0.15, 0.2) is 48.5 Å². The van der Waals surface area contributed by atoms with Gasteiger partial charge in [-0.2, -0.15) is 0 Å². The second-order valence-electron chi connectivity index (χ2n) is 6.99. The molecule has 4 heteroatoms. The van der Waals surface area contributed by atoms with Crippen LogP contribution in [0.1, 0.15) is 42.9 Å². The van der Waals surface area contributed by atoms with Gasteiger partial charge in [-0.1, -0.05) is 54.4 Å². The van der Waals surface area contributed by atoms with E-state index in [-0.39, 0.29) is 24.1 Å². The second kappa shape index (κ2) is 7.45. The molecule has 25 heavy (non-hydrogen) atoms. The molecule has 0 bridgehead atoms. The van der Waals surface area contributed by atoms with Crippen LogP contribution in [-0.2, 0) is 16.1 Å². The highest BCUT2D eigenvalue weighted by atomic mass is 35.5. The molecule has 0 aromatic heterocycles. The molecule has 1 aliphatic heterocycles. The van der Waals surface area contributed by atoms with E-state index < -0.39 is 0 Å². The maximum absolute atomic E-state index is 13.2. The van der Waals surface area contributed by atoms with Crippen LogP contribution in [0, 0.1) is 11.7 Å². The summed E-state index contributed by atoms with van der Waals surface area (Å²) in [6, 6.07) is 14.8. The SMILES string of the molecule is Fc1ccc(CO[C@@H]2C[C@H](c3ccccc3)O[C@@H]3CCC[C@@H]23)c(Cl)c1. The third kappa shape index (κ3) is 3.74. The van der Waals surface area contributed by atoms with Gasteiger partial charge in [0.1, 0.15) is 5.82 Å². The molecule has 2 fully saturated rings. The van der Waals surface area contributed by atoms with Gasteiger partial charge < -0.3 is 9.47 Å². The molecular weight excluding hydrogens is 339 g/mol. The number of hydrogen-bond donors (Lipinski definition) is 0. The molecule has 4 atom stereocenters. The van der Waals surface area contributed by atoms with E-state index in [1.165, 1.54) is 24.1 Å². The number of fused-ring (bicyclic) bond motifs is 1. The van der Waals surface area contributed by atoms with Crippen LogP contribution in [0.3, 0.4) is 0 Å². The fourth-order valence-corrected chi connectivity index (χ4v) is 4.33. The minimum Gasteiger partial charge on any atom is -0.373 e. The Labute approximate surface area is 152 Å². The summed E-state index contributed by atoms with van der Waals surface area (Å²) in [6.45, 7) is 0.411. The lowest BCUT2D eigenvalue weighted by molar-refractivity contribution is -0.148. The number of ether oxygens (including phenoxy) is 2. The quantitative estimate of drug-likeness (QED) is 0.696. The van der Waals surface area contributed by atoms with Gasteiger partial charge in [0.15, 0.2) is 0 Å². The van der Waals surface area contributed by atoms with Crippen molar-refractivity contribution in [1.29, 1.82) is 0 Å². The third-order valence-corrected chi connectivity index (χ3v) is 5.76. The molecule has 2 aromatic rings. The van der Waals surface area contributed by atoms with Gasteiger partial charge in [-0.3, -0.25) is 0 Å². The molecule has 1 saturated heterocycles. The van der Waals surface area contributed by atoms with Crippen LogP contribution in [0.5, 0.6) is 0 Å². The average Bonchev–Trinajstić information content (AvgIpc) is 3.10. The van der Waals surface area contributed by atoms with E-state index in [1.807, 2.05) is 18.2 Å². The van der Waals surface area contributed by atoms with Crippen LogP contribution >= 0.6 is 11.6 Å². The predicted molar refractivity (Wildman–Crippen MR) is 96.0 cm³/mol. The van der Waals surface area contributed by atoms with Gasteiger partial charge in [0.2, 0.25) is 0 Å². The van der Waals surface area contributed by atoms with Gasteiger partial charge >= 0.3 is 0 Å². The number of halogens is 2. The van der Waals surface area contributed by atoms with Crippen LogP contribution in [0.2, 0.25) is 5.02 Å². The van der Waals surface area contributed by atoms with Crippen molar-refractivity contribution in [3.63, 3.8) is 0 Å². The lowest BCUT2D eigenvalue weighted by Crippen LogP contribution is -2.39. The summed E-state index contributed by atoms with van der Waals surface area (Å²) in [5, 5.41) is 0.426. The first-order chi connectivity index (χ1) is 12.2. The van der Waals surface area contributed by atoms with E-state index in [1.54, 1.807) is 6.07 Å². The lowest BCUT2D eigenvalue weighted by atomic mass is 9.88. The molecule has 2 nitrogen and oxygen atoms in total. The molecule has 4 rings (SSSR count). The first-order valence-electron chi connectivity index (χ1n) is 8.96. The summed E-state index contributed by atoms with van der Waals surface area (Å²) in [6.07, 6.45) is 4.78. The summed E-state index contributed by atoms with van der Waals surface area (Å²) in [4.78, 5) is 0. The van der Waals surface area contributed by atoms with Crippen molar-refractivity contribution in [2.75, 3.05) is 0 Å². The molecule has 0 spiro atoms. The Bertz CT molecular complexity index is 721. The van der Waals surface area contributed by atoms with Gasteiger partial charge in [-0.25, -0.2) is 4.39 Å². The summed E-state index contributed by atoms with van der Waals surface area (Å²) in [7, 11) is 0. The van der Waals surface area contributed by atoms with Gasteiger partial charge in [0, 0.05) is 17.4 Å². The summed E-state index contributed by atoms with van der Waals surface area (Å²) >= 11 is 6.14. The van der Waals surface area contributed by atoms with Crippen molar-refractivity contribution in [2.45, 2.75) is 50.6 Å². The normalized spacial score (nSPS) is 28.7. The standard InChI is InChI=1S/C21H22ClFO2/c22-18-11-16(23)10-9-15(18)13-24-21-12-20(14-5-2-1-3-6-14)25-19-8-4-7-17(19)21/h1-3,5-6,9-11,17,19-21H,4,7-8,12-13H2/t17-,19-,20-,21-/m1/s1. The Morgan fingerprint density at radius 1 is 1.12 bits per heavy atom. The highest BCUT2D eigenvalue weighted by Crippen LogP contribution is 2.44. The van der Waals surface area contributed by atoms with Gasteiger partial charge in [0.25, 0.3) is 0 Å². The van der Waals surface area contributed by atoms with E-state index in [0.717, 1.165) is 24.8 Å². The fraction of sp³-hybridized carbons (Fsp3) is 0.429. The minimum atomic E-state index is -0.320. The van der Waals surface area contributed by atoms with Crippen LogP contribution in [-0.4, -0.2) is 12.2 Å². The first-order valence-corrected chi connectivity index (χ1v) is 9.34. The highest BCUT2D eigenvalue weighted by Gasteiger charge is 2.42. The molecule has 0 N–H and O–H groups in total. The molecule has 1 saturated carbocycles. The Balaban J connectivity index is 1.48. The van der Waals surface area contributed by atoms with Crippen molar-refractivity contribution in [2.24, 2.45) is 5.92 Å². The van der Waals surface area contributed by atoms with Crippen molar-refractivity contribution >= 4 is 11.6 Å². The zero-order valence-electron chi connectivity index (χ0n) is 14.0. The number of hydrogen-bond acceptors (Lipinski definition) is 2. The molecule has 2 aliphatic rings. The molecule has 1 heterocycles. The molecule has 0 radical (unpaired) electrons. The Morgan fingerprint density at radius 2 is 1.96 bits per heavy atom. The monoisotopic (exact) mass is 360 g/mol. The Hall–Kier alpha value is -1.42. The van der Waals surface area contributed by atoms with Gasteiger partial charge in [-0.05, 0) is 36.1 Å². The smallest absolute Gasteiger partial charge is 0.124 e.